The smallest absolute Gasteiger partial charge is 0.423 e. The second kappa shape index (κ2) is 4.65. The van der Waals surface area contributed by atoms with Gasteiger partial charge in [-0.2, -0.15) is 0 Å². The molecule has 0 atom stereocenters. The predicted octanol–water partition coefficient (Wildman–Crippen LogP) is 1.31. The third-order valence-electron chi connectivity index (χ3n) is 2.46. The van der Waals surface area contributed by atoms with E-state index in [0.717, 1.165) is 12.1 Å². The molecule has 17 heavy (non-hydrogen) atoms. The monoisotopic (exact) mass is 234 g/mol. The molecule has 86 valence electrons. The molecule has 0 saturated heterocycles. The van der Waals surface area contributed by atoms with Gasteiger partial charge in [-0.3, -0.25) is 0 Å². The van der Waals surface area contributed by atoms with E-state index in [9.17, 15) is 8.78 Å². The lowest BCUT2D eigenvalue weighted by Crippen LogP contribution is -2.29. The van der Waals surface area contributed by atoms with Gasteiger partial charge in [-0.1, -0.05) is 30.3 Å². The van der Waals surface area contributed by atoms with Crippen LogP contribution in [0.25, 0.3) is 11.1 Å². The molecule has 0 saturated carbocycles. The van der Waals surface area contributed by atoms with Crippen molar-refractivity contribution >= 4 is 12.6 Å². The van der Waals surface area contributed by atoms with Crippen LogP contribution in [0.3, 0.4) is 0 Å². The minimum atomic E-state index is -1.53. The highest BCUT2D eigenvalue weighted by Crippen LogP contribution is 2.20. The molecule has 2 N–H and O–H groups in total. The summed E-state index contributed by atoms with van der Waals surface area (Å²) >= 11 is 0. The quantitative estimate of drug-likeness (QED) is 0.769. The standard InChI is InChI=1S/C12H9BF2O2/c14-11-6-3-9(7-12(11)15)8-1-4-10(5-2-8)13(16)17/h1-7,16-17H. The molecule has 0 aliphatic rings. The molecule has 2 aromatic rings. The second-order valence-electron chi connectivity index (χ2n) is 3.62. The van der Waals surface area contributed by atoms with Gasteiger partial charge < -0.3 is 10.0 Å². The topological polar surface area (TPSA) is 40.5 Å². The van der Waals surface area contributed by atoms with Gasteiger partial charge in [0.1, 0.15) is 0 Å². The normalized spacial score (nSPS) is 10.4. The lowest BCUT2D eigenvalue weighted by Gasteiger charge is -2.04. The Bertz CT molecular complexity index is 527. The van der Waals surface area contributed by atoms with E-state index in [4.69, 9.17) is 10.0 Å². The Morgan fingerprint density at radius 3 is 1.88 bits per heavy atom. The van der Waals surface area contributed by atoms with Crippen LogP contribution in [0, 0.1) is 11.6 Å². The molecule has 2 aromatic carbocycles. The van der Waals surface area contributed by atoms with E-state index in [2.05, 4.69) is 0 Å². The van der Waals surface area contributed by atoms with Crippen LogP contribution in [0.4, 0.5) is 8.78 Å². The lowest BCUT2D eigenvalue weighted by molar-refractivity contribution is 0.426. The largest absolute Gasteiger partial charge is 0.488 e. The molecule has 0 bridgehead atoms. The van der Waals surface area contributed by atoms with E-state index in [-0.39, 0.29) is 0 Å². The van der Waals surface area contributed by atoms with E-state index >= 15 is 0 Å². The summed E-state index contributed by atoms with van der Waals surface area (Å²) in [5, 5.41) is 17.8. The fourth-order valence-electron chi connectivity index (χ4n) is 1.52. The van der Waals surface area contributed by atoms with Crippen molar-refractivity contribution in [3.63, 3.8) is 0 Å². The van der Waals surface area contributed by atoms with Crippen molar-refractivity contribution in [2.24, 2.45) is 0 Å². The number of hydrogen-bond acceptors (Lipinski definition) is 2. The lowest BCUT2D eigenvalue weighted by atomic mass is 9.80. The van der Waals surface area contributed by atoms with Crippen LogP contribution in [0.5, 0.6) is 0 Å². The minimum absolute atomic E-state index is 0.344. The molecule has 0 unspecified atom stereocenters. The molecule has 2 nitrogen and oxygen atoms in total. The highest BCUT2D eigenvalue weighted by molar-refractivity contribution is 6.58. The van der Waals surface area contributed by atoms with Gasteiger partial charge in [0, 0.05) is 0 Å². The summed E-state index contributed by atoms with van der Waals surface area (Å²) in [7, 11) is -1.53. The average molecular weight is 234 g/mol. The molecule has 0 aromatic heterocycles. The van der Waals surface area contributed by atoms with Crippen molar-refractivity contribution in [2.75, 3.05) is 0 Å². The van der Waals surface area contributed by atoms with Crippen molar-refractivity contribution < 1.29 is 18.8 Å². The van der Waals surface area contributed by atoms with Crippen molar-refractivity contribution in [3.05, 3.63) is 54.1 Å². The van der Waals surface area contributed by atoms with Crippen molar-refractivity contribution in [3.8, 4) is 11.1 Å². The molecule has 2 rings (SSSR count). The zero-order chi connectivity index (χ0) is 12.4. The summed E-state index contributed by atoms with van der Waals surface area (Å²) in [6.45, 7) is 0. The SMILES string of the molecule is OB(O)c1ccc(-c2ccc(F)c(F)c2)cc1. The van der Waals surface area contributed by atoms with E-state index in [0.29, 0.717) is 16.6 Å². The molecule has 5 heteroatoms. The van der Waals surface area contributed by atoms with Gasteiger partial charge in [0.15, 0.2) is 11.6 Å². The maximum Gasteiger partial charge on any atom is 0.488 e. The molecule has 0 aliphatic heterocycles. The van der Waals surface area contributed by atoms with Gasteiger partial charge in [0.05, 0.1) is 0 Å². The van der Waals surface area contributed by atoms with E-state index in [1.807, 2.05) is 0 Å². The summed E-state index contributed by atoms with van der Waals surface area (Å²) in [6, 6.07) is 9.87. The number of benzene rings is 2. The Labute approximate surface area is 97.3 Å². The van der Waals surface area contributed by atoms with E-state index in [1.54, 1.807) is 12.1 Å². The van der Waals surface area contributed by atoms with Crippen LogP contribution in [0.2, 0.25) is 0 Å². The summed E-state index contributed by atoms with van der Waals surface area (Å²) in [5.74, 6) is -1.80. The Kier molecular flexibility index (Phi) is 3.22. The molecule has 0 spiro atoms. The van der Waals surface area contributed by atoms with Crippen molar-refractivity contribution in [1.29, 1.82) is 0 Å². The first-order valence-electron chi connectivity index (χ1n) is 4.99. The Morgan fingerprint density at radius 1 is 0.765 bits per heavy atom. The summed E-state index contributed by atoms with van der Waals surface area (Å²) in [4.78, 5) is 0. The Hall–Kier alpha value is -1.72. The van der Waals surface area contributed by atoms with Gasteiger partial charge in [0.2, 0.25) is 0 Å². The minimum Gasteiger partial charge on any atom is -0.423 e. The Balaban J connectivity index is 2.36. The zero-order valence-corrected chi connectivity index (χ0v) is 8.77. The summed E-state index contributed by atoms with van der Waals surface area (Å²) < 4.78 is 25.8. The molecular formula is C12H9BF2O2. The third kappa shape index (κ3) is 2.51. The number of hydrogen-bond donors (Lipinski definition) is 2. The van der Waals surface area contributed by atoms with Crippen LogP contribution in [0.15, 0.2) is 42.5 Å². The molecular weight excluding hydrogens is 225 g/mol. The highest BCUT2D eigenvalue weighted by atomic mass is 19.2. The third-order valence-corrected chi connectivity index (χ3v) is 2.46. The Morgan fingerprint density at radius 2 is 1.35 bits per heavy atom. The number of halogens is 2. The van der Waals surface area contributed by atoms with E-state index < -0.39 is 18.8 Å². The van der Waals surface area contributed by atoms with Crippen LogP contribution in [-0.2, 0) is 0 Å². The molecule has 0 aliphatic carbocycles. The fourth-order valence-corrected chi connectivity index (χ4v) is 1.52. The van der Waals surface area contributed by atoms with Crippen LogP contribution in [0.1, 0.15) is 0 Å². The summed E-state index contributed by atoms with van der Waals surface area (Å²) in [6.07, 6.45) is 0. The van der Waals surface area contributed by atoms with Crippen LogP contribution >= 0.6 is 0 Å². The summed E-state index contributed by atoms with van der Waals surface area (Å²) in [5.41, 5.74) is 1.55. The van der Waals surface area contributed by atoms with Crippen LogP contribution in [-0.4, -0.2) is 17.2 Å². The van der Waals surface area contributed by atoms with Gasteiger partial charge in [-0.25, -0.2) is 8.78 Å². The van der Waals surface area contributed by atoms with Gasteiger partial charge >= 0.3 is 7.12 Å². The molecule has 0 heterocycles. The maximum absolute atomic E-state index is 13.0. The molecule has 0 amide bonds. The van der Waals surface area contributed by atoms with Crippen LogP contribution < -0.4 is 5.46 Å². The average Bonchev–Trinajstić information content (AvgIpc) is 2.33. The highest BCUT2D eigenvalue weighted by Gasteiger charge is 2.10. The first-order valence-corrected chi connectivity index (χ1v) is 4.99. The van der Waals surface area contributed by atoms with Crippen molar-refractivity contribution in [1.82, 2.24) is 0 Å². The van der Waals surface area contributed by atoms with Gasteiger partial charge in [0.25, 0.3) is 0 Å². The van der Waals surface area contributed by atoms with E-state index in [1.165, 1.54) is 18.2 Å². The second-order valence-corrected chi connectivity index (χ2v) is 3.62. The maximum atomic E-state index is 13.0. The first-order chi connectivity index (χ1) is 8.08. The molecule has 0 radical (unpaired) electrons. The first kappa shape index (κ1) is 11.8. The molecule has 0 fully saturated rings. The van der Waals surface area contributed by atoms with Gasteiger partial charge in [-0.05, 0) is 28.7 Å². The van der Waals surface area contributed by atoms with Crippen molar-refractivity contribution in [2.45, 2.75) is 0 Å². The fraction of sp³-hybridized carbons (Fsp3) is 0. The zero-order valence-electron chi connectivity index (χ0n) is 8.77. The predicted molar refractivity (Wildman–Crippen MR) is 61.6 cm³/mol. The number of rotatable bonds is 2. The van der Waals surface area contributed by atoms with Gasteiger partial charge in [-0.15, -0.1) is 0 Å².